The normalized spacial score (nSPS) is 39.5. The topological polar surface area (TPSA) is 15.3 Å². The zero-order chi connectivity index (χ0) is 8.55. The molecule has 0 amide bonds. The standard InChI is InChI=1S/C9H18N2S/c1-7(12)11-5-3-8-2-4-10-9(8)6-11/h7-10,12H,2-6H2,1H3. The van der Waals surface area contributed by atoms with Gasteiger partial charge < -0.3 is 5.32 Å². The molecule has 1 N–H and O–H groups in total. The van der Waals surface area contributed by atoms with Crippen LogP contribution < -0.4 is 5.32 Å². The van der Waals surface area contributed by atoms with Crippen molar-refractivity contribution in [3.05, 3.63) is 0 Å². The van der Waals surface area contributed by atoms with Gasteiger partial charge in [0.2, 0.25) is 0 Å². The second-order valence-corrected chi connectivity index (χ2v) is 4.77. The lowest BCUT2D eigenvalue weighted by Gasteiger charge is -2.36. The minimum Gasteiger partial charge on any atom is -0.312 e. The Morgan fingerprint density at radius 1 is 1.50 bits per heavy atom. The molecule has 70 valence electrons. The molecule has 2 fully saturated rings. The Labute approximate surface area is 80.1 Å². The SMILES string of the molecule is CC(S)N1CCC2CCNC2C1. The molecule has 2 saturated heterocycles. The van der Waals surface area contributed by atoms with Gasteiger partial charge in [-0.2, -0.15) is 12.6 Å². The second-order valence-electron chi connectivity index (χ2n) is 4.02. The largest absolute Gasteiger partial charge is 0.312 e. The van der Waals surface area contributed by atoms with Crippen LogP contribution in [0, 0.1) is 5.92 Å². The molecule has 0 radical (unpaired) electrons. The van der Waals surface area contributed by atoms with Crippen LogP contribution in [0.15, 0.2) is 0 Å². The molecule has 2 aliphatic rings. The molecule has 3 heteroatoms. The Balaban J connectivity index is 1.92. The molecule has 0 aromatic heterocycles. The number of likely N-dealkylation sites (tertiary alicyclic amines) is 1. The number of piperidine rings is 1. The molecule has 0 aliphatic carbocycles. The maximum atomic E-state index is 4.47. The minimum absolute atomic E-state index is 0.424. The van der Waals surface area contributed by atoms with Crippen LogP contribution in [0.1, 0.15) is 19.8 Å². The quantitative estimate of drug-likeness (QED) is 0.593. The van der Waals surface area contributed by atoms with Crippen LogP contribution >= 0.6 is 12.6 Å². The van der Waals surface area contributed by atoms with Crippen LogP contribution in [0.3, 0.4) is 0 Å². The Morgan fingerprint density at radius 2 is 2.33 bits per heavy atom. The fourth-order valence-electron chi connectivity index (χ4n) is 2.40. The van der Waals surface area contributed by atoms with E-state index in [2.05, 4.69) is 29.8 Å². The van der Waals surface area contributed by atoms with Crippen molar-refractivity contribution in [2.45, 2.75) is 31.2 Å². The molecular weight excluding hydrogens is 168 g/mol. The summed E-state index contributed by atoms with van der Waals surface area (Å²) in [5.41, 5.74) is 0. The molecule has 0 bridgehead atoms. The fourth-order valence-corrected chi connectivity index (χ4v) is 2.61. The van der Waals surface area contributed by atoms with Crippen molar-refractivity contribution in [3.8, 4) is 0 Å². The number of nitrogens with one attached hydrogen (secondary N) is 1. The molecule has 2 nitrogen and oxygen atoms in total. The summed E-state index contributed by atoms with van der Waals surface area (Å²) < 4.78 is 0. The average Bonchev–Trinajstić information content (AvgIpc) is 2.49. The van der Waals surface area contributed by atoms with E-state index in [9.17, 15) is 0 Å². The van der Waals surface area contributed by atoms with Gasteiger partial charge in [-0.05, 0) is 38.8 Å². The maximum Gasteiger partial charge on any atom is 0.0499 e. The predicted molar refractivity (Wildman–Crippen MR) is 54.5 cm³/mol. The van der Waals surface area contributed by atoms with Crippen LogP contribution in [0.2, 0.25) is 0 Å². The first kappa shape index (κ1) is 8.85. The lowest BCUT2D eigenvalue weighted by Crippen LogP contribution is -2.48. The van der Waals surface area contributed by atoms with Gasteiger partial charge in [-0.25, -0.2) is 0 Å². The van der Waals surface area contributed by atoms with E-state index in [0.717, 1.165) is 12.0 Å². The summed E-state index contributed by atoms with van der Waals surface area (Å²) in [6.07, 6.45) is 2.75. The minimum atomic E-state index is 0.424. The van der Waals surface area contributed by atoms with Crippen molar-refractivity contribution in [2.24, 2.45) is 5.92 Å². The van der Waals surface area contributed by atoms with Gasteiger partial charge in [0, 0.05) is 18.0 Å². The van der Waals surface area contributed by atoms with Crippen LogP contribution in [-0.2, 0) is 0 Å². The van der Waals surface area contributed by atoms with E-state index >= 15 is 0 Å². The van der Waals surface area contributed by atoms with Gasteiger partial charge in [-0.3, -0.25) is 4.90 Å². The average molecular weight is 186 g/mol. The third-order valence-corrected chi connectivity index (χ3v) is 3.56. The van der Waals surface area contributed by atoms with E-state index in [4.69, 9.17) is 0 Å². The van der Waals surface area contributed by atoms with E-state index in [0.29, 0.717) is 5.37 Å². The third-order valence-electron chi connectivity index (χ3n) is 3.24. The van der Waals surface area contributed by atoms with Crippen molar-refractivity contribution >= 4 is 12.6 Å². The fraction of sp³-hybridized carbons (Fsp3) is 1.00. The monoisotopic (exact) mass is 186 g/mol. The Bertz CT molecular complexity index is 161. The van der Waals surface area contributed by atoms with Crippen molar-refractivity contribution in [1.29, 1.82) is 0 Å². The van der Waals surface area contributed by atoms with E-state index in [1.165, 1.54) is 32.5 Å². The van der Waals surface area contributed by atoms with Crippen LogP contribution in [0.25, 0.3) is 0 Å². The Morgan fingerprint density at radius 3 is 3.08 bits per heavy atom. The summed E-state index contributed by atoms with van der Waals surface area (Å²) in [5.74, 6) is 0.952. The molecule has 3 atom stereocenters. The lowest BCUT2D eigenvalue weighted by molar-refractivity contribution is 0.162. The number of hydrogen-bond acceptors (Lipinski definition) is 3. The number of thiol groups is 1. The molecule has 3 unspecified atom stereocenters. The Kier molecular flexibility index (Phi) is 2.63. The molecule has 2 aliphatic heterocycles. The van der Waals surface area contributed by atoms with Crippen molar-refractivity contribution in [1.82, 2.24) is 10.2 Å². The van der Waals surface area contributed by atoms with Gasteiger partial charge in [0.1, 0.15) is 0 Å². The summed E-state index contributed by atoms with van der Waals surface area (Å²) in [6, 6.07) is 0.758. The molecule has 0 spiro atoms. The molecule has 0 aromatic rings. The third kappa shape index (κ3) is 1.63. The summed E-state index contributed by atoms with van der Waals surface area (Å²) in [5, 5.41) is 3.99. The van der Waals surface area contributed by atoms with Crippen LogP contribution in [-0.4, -0.2) is 35.9 Å². The lowest BCUT2D eigenvalue weighted by atomic mass is 9.93. The molecular formula is C9H18N2S. The highest BCUT2D eigenvalue weighted by molar-refractivity contribution is 7.80. The predicted octanol–water partition coefficient (Wildman–Crippen LogP) is 0.946. The van der Waals surface area contributed by atoms with Crippen molar-refractivity contribution in [2.75, 3.05) is 19.6 Å². The van der Waals surface area contributed by atoms with Gasteiger partial charge in [0.25, 0.3) is 0 Å². The summed E-state index contributed by atoms with van der Waals surface area (Å²) in [6.45, 7) is 5.84. The zero-order valence-corrected chi connectivity index (χ0v) is 8.56. The van der Waals surface area contributed by atoms with E-state index < -0.39 is 0 Å². The smallest absolute Gasteiger partial charge is 0.0499 e. The van der Waals surface area contributed by atoms with E-state index in [1.807, 2.05) is 0 Å². The Hall–Kier alpha value is 0.270. The van der Waals surface area contributed by atoms with Crippen molar-refractivity contribution in [3.63, 3.8) is 0 Å². The van der Waals surface area contributed by atoms with E-state index in [-0.39, 0.29) is 0 Å². The number of fused-ring (bicyclic) bond motifs is 1. The first-order valence-electron chi connectivity index (χ1n) is 4.93. The second kappa shape index (κ2) is 3.56. The highest BCUT2D eigenvalue weighted by Crippen LogP contribution is 2.26. The number of rotatable bonds is 1. The zero-order valence-electron chi connectivity index (χ0n) is 7.66. The summed E-state index contributed by atoms with van der Waals surface area (Å²) >= 11 is 4.47. The highest BCUT2D eigenvalue weighted by atomic mass is 32.1. The van der Waals surface area contributed by atoms with Crippen LogP contribution in [0.5, 0.6) is 0 Å². The van der Waals surface area contributed by atoms with Gasteiger partial charge in [-0.15, -0.1) is 0 Å². The van der Waals surface area contributed by atoms with Gasteiger partial charge in [-0.1, -0.05) is 0 Å². The molecule has 2 heterocycles. The van der Waals surface area contributed by atoms with Crippen molar-refractivity contribution < 1.29 is 0 Å². The van der Waals surface area contributed by atoms with Gasteiger partial charge in [0.15, 0.2) is 0 Å². The maximum absolute atomic E-state index is 4.47. The summed E-state index contributed by atoms with van der Waals surface area (Å²) in [4.78, 5) is 2.46. The molecule has 2 rings (SSSR count). The number of nitrogens with zero attached hydrogens (tertiary/aromatic N) is 1. The van der Waals surface area contributed by atoms with Crippen LogP contribution in [0.4, 0.5) is 0 Å². The van der Waals surface area contributed by atoms with E-state index in [1.54, 1.807) is 0 Å². The molecule has 12 heavy (non-hydrogen) atoms. The van der Waals surface area contributed by atoms with Gasteiger partial charge in [0.05, 0.1) is 0 Å². The highest BCUT2D eigenvalue weighted by Gasteiger charge is 2.33. The molecule has 0 aromatic carbocycles. The first-order chi connectivity index (χ1) is 5.77. The summed E-state index contributed by atoms with van der Waals surface area (Å²) in [7, 11) is 0. The van der Waals surface area contributed by atoms with Gasteiger partial charge >= 0.3 is 0 Å². The molecule has 0 saturated carbocycles. The number of hydrogen-bond donors (Lipinski definition) is 2. The first-order valence-corrected chi connectivity index (χ1v) is 5.44.